The van der Waals surface area contributed by atoms with Crippen molar-refractivity contribution in [3.8, 4) is 0 Å². The Balaban J connectivity index is 2.00. The summed E-state index contributed by atoms with van der Waals surface area (Å²) < 4.78 is 0. The van der Waals surface area contributed by atoms with Crippen molar-refractivity contribution in [2.75, 3.05) is 13.6 Å². The third kappa shape index (κ3) is 2.85. The van der Waals surface area contributed by atoms with Crippen LogP contribution in [-0.2, 0) is 11.3 Å². The zero-order valence-electron chi connectivity index (χ0n) is 11.0. The Kier molecular flexibility index (Phi) is 3.91. The van der Waals surface area contributed by atoms with E-state index < -0.39 is 5.54 Å². The van der Waals surface area contributed by atoms with Gasteiger partial charge in [-0.15, -0.1) is 0 Å². The van der Waals surface area contributed by atoms with Crippen LogP contribution in [0.1, 0.15) is 31.9 Å². The lowest BCUT2D eigenvalue weighted by molar-refractivity contribution is -0.138. The van der Waals surface area contributed by atoms with Crippen LogP contribution in [0.3, 0.4) is 0 Å². The number of nitrogens with one attached hydrogen (secondary N) is 1. The van der Waals surface area contributed by atoms with Crippen molar-refractivity contribution in [3.63, 3.8) is 0 Å². The van der Waals surface area contributed by atoms with Crippen LogP contribution in [0.15, 0.2) is 18.6 Å². The van der Waals surface area contributed by atoms with Crippen molar-refractivity contribution < 1.29 is 4.79 Å². The maximum Gasteiger partial charge on any atom is 0.242 e. The fourth-order valence-electron chi connectivity index (χ4n) is 2.39. The molecule has 1 aromatic rings. The molecule has 1 atom stereocenters. The number of aromatic nitrogens is 2. The first-order valence-corrected chi connectivity index (χ1v) is 6.37. The molecule has 18 heavy (non-hydrogen) atoms. The molecular formula is C13H20N4O. The topological polar surface area (TPSA) is 58.1 Å². The number of likely N-dealkylation sites (N-methyl/N-ethyl adjacent to an activating group) is 1. The molecule has 98 valence electrons. The van der Waals surface area contributed by atoms with Gasteiger partial charge in [0.1, 0.15) is 0 Å². The molecule has 1 saturated heterocycles. The van der Waals surface area contributed by atoms with Crippen molar-refractivity contribution in [1.82, 2.24) is 20.2 Å². The Morgan fingerprint density at radius 1 is 1.50 bits per heavy atom. The van der Waals surface area contributed by atoms with E-state index in [0.29, 0.717) is 6.54 Å². The van der Waals surface area contributed by atoms with E-state index >= 15 is 0 Å². The quantitative estimate of drug-likeness (QED) is 0.866. The maximum atomic E-state index is 12.4. The first-order valence-electron chi connectivity index (χ1n) is 6.37. The Bertz CT molecular complexity index is 401. The molecule has 5 nitrogen and oxygen atoms in total. The summed E-state index contributed by atoms with van der Waals surface area (Å²) in [4.78, 5) is 22.4. The van der Waals surface area contributed by atoms with E-state index in [1.807, 2.05) is 14.0 Å². The summed E-state index contributed by atoms with van der Waals surface area (Å²) in [6, 6.07) is 0. The summed E-state index contributed by atoms with van der Waals surface area (Å²) in [6.45, 7) is 3.41. The van der Waals surface area contributed by atoms with Gasteiger partial charge in [0.05, 0.1) is 24.0 Å². The molecule has 1 amide bonds. The average Bonchev–Trinajstić information content (AvgIpc) is 2.40. The lowest BCUT2D eigenvalue weighted by Crippen LogP contribution is -2.57. The van der Waals surface area contributed by atoms with Gasteiger partial charge in [-0.3, -0.25) is 14.8 Å². The Labute approximate surface area is 108 Å². The van der Waals surface area contributed by atoms with Crippen molar-refractivity contribution in [2.24, 2.45) is 0 Å². The van der Waals surface area contributed by atoms with Gasteiger partial charge >= 0.3 is 0 Å². The molecule has 2 rings (SSSR count). The SMILES string of the molecule is CN(Cc1cnccn1)C(=O)C1(C)CCCCN1. The molecule has 0 spiro atoms. The molecule has 1 aromatic heterocycles. The Morgan fingerprint density at radius 3 is 2.94 bits per heavy atom. The van der Waals surface area contributed by atoms with Gasteiger partial charge in [0.15, 0.2) is 0 Å². The molecule has 0 radical (unpaired) electrons. The molecule has 0 bridgehead atoms. The summed E-state index contributed by atoms with van der Waals surface area (Å²) in [7, 11) is 1.82. The van der Waals surface area contributed by atoms with Gasteiger partial charge in [-0.25, -0.2) is 0 Å². The van der Waals surface area contributed by atoms with Gasteiger partial charge in [0.25, 0.3) is 0 Å². The highest BCUT2D eigenvalue weighted by molar-refractivity contribution is 5.85. The highest BCUT2D eigenvalue weighted by Crippen LogP contribution is 2.21. The molecule has 1 aliphatic rings. The van der Waals surface area contributed by atoms with E-state index in [4.69, 9.17) is 0 Å². The predicted octanol–water partition coefficient (Wildman–Crippen LogP) is 0.967. The van der Waals surface area contributed by atoms with Crippen LogP contribution in [0.25, 0.3) is 0 Å². The van der Waals surface area contributed by atoms with Gasteiger partial charge in [-0.2, -0.15) is 0 Å². The van der Waals surface area contributed by atoms with E-state index in [1.165, 1.54) is 0 Å². The van der Waals surface area contributed by atoms with E-state index in [0.717, 1.165) is 31.5 Å². The molecule has 1 aliphatic heterocycles. The van der Waals surface area contributed by atoms with Crippen molar-refractivity contribution >= 4 is 5.91 Å². The van der Waals surface area contributed by atoms with Gasteiger partial charge in [-0.1, -0.05) is 0 Å². The molecule has 1 fully saturated rings. The van der Waals surface area contributed by atoms with Gasteiger partial charge in [-0.05, 0) is 32.7 Å². The molecule has 0 aliphatic carbocycles. The number of nitrogens with zero attached hydrogens (tertiary/aromatic N) is 3. The molecule has 2 heterocycles. The number of rotatable bonds is 3. The third-order valence-corrected chi connectivity index (χ3v) is 3.45. The summed E-state index contributed by atoms with van der Waals surface area (Å²) in [5.41, 5.74) is 0.391. The van der Waals surface area contributed by atoms with Crippen molar-refractivity contribution in [1.29, 1.82) is 0 Å². The summed E-state index contributed by atoms with van der Waals surface area (Å²) in [5, 5.41) is 3.33. The minimum Gasteiger partial charge on any atom is -0.338 e. The largest absolute Gasteiger partial charge is 0.338 e. The zero-order valence-corrected chi connectivity index (χ0v) is 11.0. The van der Waals surface area contributed by atoms with E-state index in [1.54, 1.807) is 23.5 Å². The average molecular weight is 248 g/mol. The van der Waals surface area contributed by atoms with Crippen LogP contribution in [0.5, 0.6) is 0 Å². The van der Waals surface area contributed by atoms with Crippen LogP contribution in [0.2, 0.25) is 0 Å². The van der Waals surface area contributed by atoms with Crippen LogP contribution in [-0.4, -0.2) is 39.9 Å². The zero-order chi connectivity index (χ0) is 13.0. The fraction of sp³-hybridized carbons (Fsp3) is 0.615. The fourth-order valence-corrected chi connectivity index (χ4v) is 2.39. The third-order valence-electron chi connectivity index (χ3n) is 3.45. The van der Waals surface area contributed by atoms with E-state index in [-0.39, 0.29) is 5.91 Å². The first-order chi connectivity index (χ1) is 8.62. The van der Waals surface area contributed by atoms with Crippen LogP contribution < -0.4 is 5.32 Å². The van der Waals surface area contributed by atoms with E-state index in [2.05, 4.69) is 15.3 Å². The van der Waals surface area contributed by atoms with Crippen molar-refractivity contribution in [2.45, 2.75) is 38.3 Å². The number of piperidine rings is 1. The Hall–Kier alpha value is -1.49. The van der Waals surface area contributed by atoms with Gasteiger partial charge < -0.3 is 10.2 Å². The molecule has 1 N–H and O–H groups in total. The normalized spacial score (nSPS) is 23.7. The van der Waals surface area contributed by atoms with Crippen molar-refractivity contribution in [3.05, 3.63) is 24.3 Å². The van der Waals surface area contributed by atoms with Crippen LogP contribution >= 0.6 is 0 Å². The second-order valence-corrected chi connectivity index (χ2v) is 5.07. The maximum absolute atomic E-state index is 12.4. The highest BCUT2D eigenvalue weighted by Gasteiger charge is 2.36. The number of carbonyl (C=O) groups excluding carboxylic acids is 1. The minimum absolute atomic E-state index is 0.132. The standard InChI is InChI=1S/C13H20N4O/c1-13(5-3-4-6-16-13)12(18)17(2)10-11-9-14-7-8-15-11/h7-9,16H,3-6,10H2,1-2H3. The molecule has 5 heteroatoms. The molecule has 0 aromatic carbocycles. The second kappa shape index (κ2) is 5.44. The highest BCUT2D eigenvalue weighted by atomic mass is 16.2. The summed E-state index contributed by atoms with van der Waals surface area (Å²) >= 11 is 0. The van der Waals surface area contributed by atoms with Crippen LogP contribution in [0, 0.1) is 0 Å². The Morgan fingerprint density at radius 2 is 2.33 bits per heavy atom. The molecule has 1 unspecified atom stereocenters. The summed E-state index contributed by atoms with van der Waals surface area (Å²) in [6.07, 6.45) is 8.13. The number of carbonyl (C=O) groups is 1. The number of amides is 1. The van der Waals surface area contributed by atoms with Gasteiger partial charge in [0, 0.05) is 19.4 Å². The summed E-state index contributed by atoms with van der Waals surface area (Å²) in [5.74, 6) is 0.132. The van der Waals surface area contributed by atoms with Gasteiger partial charge in [0.2, 0.25) is 5.91 Å². The molecule has 0 saturated carbocycles. The monoisotopic (exact) mass is 248 g/mol. The lowest BCUT2D eigenvalue weighted by Gasteiger charge is -2.36. The number of hydrogen-bond acceptors (Lipinski definition) is 4. The molecular weight excluding hydrogens is 228 g/mol. The smallest absolute Gasteiger partial charge is 0.242 e. The predicted molar refractivity (Wildman–Crippen MR) is 68.8 cm³/mol. The lowest BCUT2D eigenvalue weighted by atomic mass is 9.89. The van der Waals surface area contributed by atoms with Crippen LogP contribution in [0.4, 0.5) is 0 Å². The number of hydrogen-bond donors (Lipinski definition) is 1. The minimum atomic E-state index is -0.421. The first kappa shape index (κ1) is 13.0. The second-order valence-electron chi connectivity index (χ2n) is 5.07. The van der Waals surface area contributed by atoms with E-state index in [9.17, 15) is 4.79 Å².